The maximum absolute atomic E-state index is 5.84. The highest BCUT2D eigenvalue weighted by Gasteiger charge is 2.07. The smallest absolute Gasteiger partial charge is 0.187 e. The average Bonchev–Trinajstić information content (AvgIpc) is 3.01. The highest BCUT2D eigenvalue weighted by molar-refractivity contribution is 7.14. The van der Waals surface area contributed by atoms with E-state index in [0.717, 1.165) is 45.7 Å². The first-order valence-electron chi connectivity index (χ1n) is 7.44. The largest absolute Gasteiger partial charge is 0.399 e. The molecule has 1 aromatic carbocycles. The van der Waals surface area contributed by atoms with Gasteiger partial charge in [-0.2, -0.15) is 0 Å². The molecule has 5 nitrogen and oxygen atoms in total. The number of pyridine rings is 1. The number of hydrogen-bond acceptors (Lipinski definition) is 6. The number of nitrogens with zero attached hydrogens (tertiary/aromatic N) is 2. The van der Waals surface area contributed by atoms with Crippen molar-refractivity contribution in [3.05, 3.63) is 47.5 Å². The van der Waals surface area contributed by atoms with Crippen LogP contribution in [0.15, 0.2) is 41.9 Å². The summed E-state index contributed by atoms with van der Waals surface area (Å²) in [5.41, 5.74) is 10.6. The SMILES string of the molecule is CCNc1ccc(-c2csc(Nc3cc(N)ccc3C)n2)cn1. The topological polar surface area (TPSA) is 75.9 Å². The fourth-order valence-electron chi connectivity index (χ4n) is 2.18. The lowest BCUT2D eigenvalue weighted by atomic mass is 10.2. The Balaban J connectivity index is 1.78. The van der Waals surface area contributed by atoms with Crippen LogP contribution in [0.1, 0.15) is 12.5 Å². The molecule has 0 unspecified atom stereocenters. The molecular weight excluding hydrogens is 306 g/mol. The van der Waals surface area contributed by atoms with Crippen LogP contribution in [-0.4, -0.2) is 16.5 Å². The van der Waals surface area contributed by atoms with Crippen LogP contribution in [0.25, 0.3) is 11.3 Å². The van der Waals surface area contributed by atoms with Crippen LogP contribution in [0.5, 0.6) is 0 Å². The molecule has 2 aromatic heterocycles. The molecule has 6 heteroatoms. The van der Waals surface area contributed by atoms with Gasteiger partial charge in [-0.3, -0.25) is 0 Å². The van der Waals surface area contributed by atoms with E-state index in [0.29, 0.717) is 0 Å². The summed E-state index contributed by atoms with van der Waals surface area (Å²) >= 11 is 1.56. The molecule has 0 spiro atoms. The molecule has 0 aliphatic carbocycles. The van der Waals surface area contributed by atoms with Gasteiger partial charge in [-0.1, -0.05) is 6.07 Å². The molecule has 3 rings (SSSR count). The number of nitrogen functional groups attached to an aromatic ring is 1. The molecule has 0 saturated heterocycles. The van der Waals surface area contributed by atoms with E-state index >= 15 is 0 Å². The number of rotatable bonds is 5. The molecule has 0 radical (unpaired) electrons. The Bertz CT molecular complexity index is 795. The summed E-state index contributed by atoms with van der Waals surface area (Å²) in [5, 5.41) is 9.37. The van der Waals surface area contributed by atoms with Gasteiger partial charge in [0.2, 0.25) is 0 Å². The highest BCUT2D eigenvalue weighted by atomic mass is 32.1. The van der Waals surface area contributed by atoms with Gasteiger partial charge in [-0.05, 0) is 43.7 Å². The number of nitrogens with one attached hydrogen (secondary N) is 2. The van der Waals surface area contributed by atoms with Crippen LogP contribution < -0.4 is 16.4 Å². The molecule has 3 aromatic rings. The molecule has 118 valence electrons. The lowest BCUT2D eigenvalue weighted by molar-refractivity contribution is 1.16. The minimum Gasteiger partial charge on any atom is -0.399 e. The molecule has 0 bridgehead atoms. The molecule has 0 aliphatic heterocycles. The maximum Gasteiger partial charge on any atom is 0.187 e. The zero-order chi connectivity index (χ0) is 16.2. The van der Waals surface area contributed by atoms with Crippen molar-refractivity contribution in [2.75, 3.05) is 22.9 Å². The molecular formula is C17H19N5S. The summed E-state index contributed by atoms with van der Waals surface area (Å²) in [7, 11) is 0. The maximum atomic E-state index is 5.84. The summed E-state index contributed by atoms with van der Waals surface area (Å²) in [4.78, 5) is 9.01. The molecule has 0 aliphatic rings. The zero-order valence-corrected chi connectivity index (χ0v) is 13.9. The quantitative estimate of drug-likeness (QED) is 0.611. The van der Waals surface area contributed by atoms with Crippen molar-refractivity contribution < 1.29 is 0 Å². The molecule has 0 atom stereocenters. The van der Waals surface area contributed by atoms with E-state index in [1.807, 2.05) is 55.8 Å². The summed E-state index contributed by atoms with van der Waals surface area (Å²) in [5.74, 6) is 0.875. The van der Waals surface area contributed by atoms with Crippen LogP contribution in [0, 0.1) is 6.92 Å². The number of benzene rings is 1. The normalized spacial score (nSPS) is 10.5. The average molecular weight is 325 g/mol. The van der Waals surface area contributed by atoms with E-state index < -0.39 is 0 Å². The number of nitrogens with two attached hydrogens (primary N) is 1. The van der Waals surface area contributed by atoms with Gasteiger partial charge in [0.25, 0.3) is 0 Å². The Morgan fingerprint density at radius 3 is 2.83 bits per heavy atom. The van der Waals surface area contributed by atoms with Crippen LogP contribution in [0.4, 0.5) is 22.3 Å². The van der Waals surface area contributed by atoms with Gasteiger partial charge in [0, 0.05) is 35.1 Å². The third kappa shape index (κ3) is 3.60. The van der Waals surface area contributed by atoms with Gasteiger partial charge in [0.05, 0.1) is 5.69 Å². The summed E-state index contributed by atoms with van der Waals surface area (Å²) < 4.78 is 0. The van der Waals surface area contributed by atoms with Gasteiger partial charge in [0.1, 0.15) is 5.82 Å². The minimum atomic E-state index is 0.734. The van der Waals surface area contributed by atoms with Crippen LogP contribution in [-0.2, 0) is 0 Å². The minimum absolute atomic E-state index is 0.734. The Labute approximate surface area is 139 Å². The van der Waals surface area contributed by atoms with E-state index in [-0.39, 0.29) is 0 Å². The summed E-state index contributed by atoms with van der Waals surface area (Å²) in [6.07, 6.45) is 1.84. The highest BCUT2D eigenvalue weighted by Crippen LogP contribution is 2.29. The van der Waals surface area contributed by atoms with Crippen LogP contribution in [0.3, 0.4) is 0 Å². The van der Waals surface area contributed by atoms with Crippen molar-refractivity contribution in [2.24, 2.45) is 0 Å². The number of thiazole rings is 1. The monoisotopic (exact) mass is 325 g/mol. The van der Waals surface area contributed by atoms with E-state index in [1.54, 1.807) is 11.3 Å². The number of anilines is 4. The van der Waals surface area contributed by atoms with Crippen molar-refractivity contribution in [2.45, 2.75) is 13.8 Å². The Hall–Kier alpha value is -2.60. The van der Waals surface area contributed by atoms with Crippen LogP contribution in [0.2, 0.25) is 0 Å². The predicted molar refractivity (Wildman–Crippen MR) is 98.4 cm³/mol. The summed E-state index contributed by atoms with van der Waals surface area (Å²) in [6.45, 7) is 4.95. The van der Waals surface area contributed by atoms with Crippen molar-refractivity contribution in [1.29, 1.82) is 0 Å². The molecule has 0 saturated carbocycles. The van der Waals surface area contributed by atoms with Gasteiger partial charge in [0.15, 0.2) is 5.13 Å². The summed E-state index contributed by atoms with van der Waals surface area (Å²) in [6, 6.07) is 9.80. The molecule has 2 heterocycles. The lowest BCUT2D eigenvalue weighted by Crippen LogP contribution is -1.98. The molecule has 23 heavy (non-hydrogen) atoms. The second kappa shape index (κ2) is 6.66. The molecule has 0 fully saturated rings. The molecule has 4 N–H and O–H groups in total. The van der Waals surface area contributed by atoms with E-state index in [1.165, 1.54) is 0 Å². The first-order chi connectivity index (χ1) is 11.2. The van der Waals surface area contributed by atoms with Gasteiger partial charge < -0.3 is 16.4 Å². The second-order valence-corrected chi connectivity index (χ2v) is 6.06. The van der Waals surface area contributed by atoms with Gasteiger partial charge in [-0.15, -0.1) is 11.3 Å². The van der Waals surface area contributed by atoms with E-state index in [4.69, 9.17) is 5.73 Å². The second-order valence-electron chi connectivity index (χ2n) is 5.20. The van der Waals surface area contributed by atoms with Crippen molar-refractivity contribution in [1.82, 2.24) is 9.97 Å². The standard InChI is InChI=1S/C17H19N5S/c1-3-19-16-7-5-12(9-20-16)15-10-23-17(22-15)21-14-8-13(18)6-4-11(14)2/h4-10H,3,18H2,1-2H3,(H,19,20)(H,21,22). The number of hydrogen-bond donors (Lipinski definition) is 3. The first-order valence-corrected chi connectivity index (χ1v) is 8.32. The third-order valence-electron chi connectivity index (χ3n) is 3.42. The van der Waals surface area contributed by atoms with Gasteiger partial charge in [-0.25, -0.2) is 9.97 Å². The fourth-order valence-corrected chi connectivity index (χ4v) is 2.92. The van der Waals surface area contributed by atoms with Crippen molar-refractivity contribution >= 4 is 33.7 Å². The lowest BCUT2D eigenvalue weighted by Gasteiger charge is -2.07. The number of aromatic nitrogens is 2. The van der Waals surface area contributed by atoms with E-state index in [2.05, 4.69) is 20.6 Å². The number of aryl methyl sites for hydroxylation is 1. The molecule has 0 amide bonds. The van der Waals surface area contributed by atoms with E-state index in [9.17, 15) is 0 Å². The Morgan fingerprint density at radius 2 is 2.09 bits per heavy atom. The van der Waals surface area contributed by atoms with Crippen LogP contribution >= 0.6 is 11.3 Å². The van der Waals surface area contributed by atoms with Gasteiger partial charge >= 0.3 is 0 Å². The van der Waals surface area contributed by atoms with Crippen molar-refractivity contribution in [3.8, 4) is 11.3 Å². The zero-order valence-electron chi connectivity index (χ0n) is 13.1. The predicted octanol–water partition coefficient (Wildman–Crippen LogP) is 4.27. The Morgan fingerprint density at radius 1 is 1.22 bits per heavy atom. The van der Waals surface area contributed by atoms with Crippen molar-refractivity contribution in [3.63, 3.8) is 0 Å². The first kappa shape index (κ1) is 15.3. The third-order valence-corrected chi connectivity index (χ3v) is 4.18. The Kier molecular flexibility index (Phi) is 4.43. The fraction of sp³-hybridized carbons (Fsp3) is 0.176.